The Bertz CT molecular complexity index is 1190. The molecule has 0 aliphatic carbocycles. The van der Waals surface area contributed by atoms with Crippen LogP contribution < -0.4 is 5.43 Å². The summed E-state index contributed by atoms with van der Waals surface area (Å²) >= 11 is 1.36. The number of nitrogens with zero attached hydrogens (tertiary/aromatic N) is 3. The average Bonchev–Trinajstić information content (AvgIpc) is 2.81. The molecule has 0 aliphatic rings. The highest BCUT2D eigenvalue weighted by atomic mass is 32.2. The quantitative estimate of drug-likeness (QED) is 0.277. The van der Waals surface area contributed by atoms with Gasteiger partial charge in [-0.3, -0.25) is 4.79 Å². The van der Waals surface area contributed by atoms with E-state index in [1.807, 2.05) is 91.9 Å². The third-order valence-corrected chi connectivity index (χ3v) is 5.43. The molecule has 0 radical (unpaired) electrons. The number of benzene rings is 3. The van der Waals surface area contributed by atoms with Gasteiger partial charge in [-0.2, -0.15) is 5.10 Å². The van der Waals surface area contributed by atoms with E-state index in [-0.39, 0.29) is 11.7 Å². The van der Waals surface area contributed by atoms with E-state index >= 15 is 0 Å². The van der Waals surface area contributed by atoms with Gasteiger partial charge in [0.2, 0.25) is 5.91 Å². The molecule has 0 fully saturated rings. The maximum atomic E-state index is 12.4. The highest BCUT2D eigenvalue weighted by molar-refractivity contribution is 8.00. The summed E-state index contributed by atoms with van der Waals surface area (Å²) in [5.41, 5.74) is 7.73. The first-order chi connectivity index (χ1) is 14.7. The van der Waals surface area contributed by atoms with Crippen LogP contribution in [0.15, 0.2) is 95.1 Å². The van der Waals surface area contributed by atoms with Crippen molar-refractivity contribution >= 4 is 34.4 Å². The maximum absolute atomic E-state index is 12.4. The van der Waals surface area contributed by atoms with E-state index in [1.54, 1.807) is 0 Å². The number of carbonyl (C=O) groups is 1. The predicted octanol–water partition coefficient (Wildman–Crippen LogP) is 4.93. The smallest absolute Gasteiger partial charge is 0.250 e. The first kappa shape index (κ1) is 19.8. The molecule has 148 valence electrons. The molecule has 4 rings (SSSR count). The Balaban J connectivity index is 1.52. The molecule has 1 N–H and O–H groups in total. The van der Waals surface area contributed by atoms with Crippen molar-refractivity contribution in [1.29, 1.82) is 0 Å². The van der Waals surface area contributed by atoms with Crippen molar-refractivity contribution in [2.24, 2.45) is 5.10 Å². The second-order valence-electron chi connectivity index (χ2n) is 6.62. The number of aromatic nitrogens is 2. The lowest BCUT2D eigenvalue weighted by Crippen LogP contribution is -2.21. The van der Waals surface area contributed by atoms with Gasteiger partial charge in [-0.15, -0.1) is 0 Å². The highest BCUT2D eigenvalue weighted by Gasteiger charge is 2.13. The molecule has 1 heterocycles. The zero-order valence-electron chi connectivity index (χ0n) is 16.4. The van der Waals surface area contributed by atoms with Gasteiger partial charge >= 0.3 is 0 Å². The lowest BCUT2D eigenvalue weighted by molar-refractivity contribution is -0.118. The zero-order chi connectivity index (χ0) is 20.8. The van der Waals surface area contributed by atoms with Gasteiger partial charge in [0.05, 0.1) is 22.5 Å². The molecule has 3 aromatic carbocycles. The number of fused-ring (bicyclic) bond motifs is 1. The minimum atomic E-state index is -0.191. The Labute approximate surface area is 179 Å². The Morgan fingerprint density at radius 1 is 0.867 bits per heavy atom. The van der Waals surface area contributed by atoms with Crippen LogP contribution in [0.3, 0.4) is 0 Å². The number of hydrazone groups is 1. The van der Waals surface area contributed by atoms with Crippen molar-refractivity contribution in [2.45, 2.75) is 11.9 Å². The first-order valence-corrected chi connectivity index (χ1v) is 10.5. The maximum Gasteiger partial charge on any atom is 0.250 e. The van der Waals surface area contributed by atoms with Crippen LogP contribution >= 0.6 is 11.8 Å². The molecule has 5 nitrogen and oxygen atoms in total. The van der Waals surface area contributed by atoms with Crippen molar-refractivity contribution in [1.82, 2.24) is 15.4 Å². The van der Waals surface area contributed by atoms with Crippen molar-refractivity contribution in [2.75, 3.05) is 5.75 Å². The molecule has 0 spiro atoms. The molecular weight excluding hydrogens is 392 g/mol. The molecule has 0 bridgehead atoms. The van der Waals surface area contributed by atoms with Crippen LogP contribution in [-0.2, 0) is 4.79 Å². The van der Waals surface area contributed by atoms with Crippen LogP contribution in [-0.4, -0.2) is 27.3 Å². The van der Waals surface area contributed by atoms with Gasteiger partial charge in [0.25, 0.3) is 0 Å². The number of hydrogen-bond donors (Lipinski definition) is 1. The average molecular weight is 413 g/mol. The van der Waals surface area contributed by atoms with Crippen LogP contribution in [0, 0.1) is 0 Å². The number of hydrogen-bond acceptors (Lipinski definition) is 5. The molecule has 30 heavy (non-hydrogen) atoms. The lowest BCUT2D eigenvalue weighted by Gasteiger charge is -2.09. The molecule has 6 heteroatoms. The van der Waals surface area contributed by atoms with E-state index in [1.165, 1.54) is 11.8 Å². The predicted molar refractivity (Wildman–Crippen MR) is 122 cm³/mol. The molecule has 0 saturated carbocycles. The van der Waals surface area contributed by atoms with Crippen LogP contribution in [0.5, 0.6) is 0 Å². The molecule has 0 unspecified atom stereocenters. The third kappa shape index (κ3) is 4.72. The van der Waals surface area contributed by atoms with Gasteiger partial charge in [-0.25, -0.2) is 15.4 Å². The third-order valence-electron chi connectivity index (χ3n) is 4.47. The molecule has 0 saturated heterocycles. The summed E-state index contributed by atoms with van der Waals surface area (Å²) in [4.78, 5) is 21.9. The largest absolute Gasteiger partial charge is 0.272 e. The van der Waals surface area contributed by atoms with Crippen molar-refractivity contribution in [3.8, 4) is 11.3 Å². The standard InChI is InChI=1S/C24H20N4OS/c1-17(18-10-4-2-5-11-18)27-28-22(29)16-30-24-23(19-12-6-3-7-13-19)25-20-14-8-9-15-21(20)26-24/h2-15H,16H2,1H3,(H,28,29)/b27-17+. The van der Waals surface area contributed by atoms with Crippen LogP contribution in [0.2, 0.25) is 0 Å². The minimum Gasteiger partial charge on any atom is -0.272 e. The number of para-hydroxylation sites is 2. The number of amides is 1. The van der Waals surface area contributed by atoms with E-state index in [0.717, 1.165) is 38.6 Å². The summed E-state index contributed by atoms with van der Waals surface area (Å²) < 4.78 is 0. The zero-order valence-corrected chi connectivity index (χ0v) is 17.3. The summed E-state index contributed by atoms with van der Waals surface area (Å²) in [5, 5.41) is 4.93. The fraction of sp³-hybridized carbons (Fsp3) is 0.0833. The topological polar surface area (TPSA) is 67.2 Å². The summed E-state index contributed by atoms with van der Waals surface area (Å²) in [6, 6.07) is 27.4. The normalized spacial score (nSPS) is 11.4. The first-order valence-electron chi connectivity index (χ1n) is 9.54. The van der Waals surface area contributed by atoms with E-state index in [4.69, 9.17) is 9.97 Å². The molecule has 1 aromatic heterocycles. The van der Waals surface area contributed by atoms with Crippen molar-refractivity contribution in [3.63, 3.8) is 0 Å². The monoisotopic (exact) mass is 412 g/mol. The van der Waals surface area contributed by atoms with Crippen LogP contribution in [0.25, 0.3) is 22.3 Å². The van der Waals surface area contributed by atoms with E-state index in [9.17, 15) is 4.79 Å². The Morgan fingerprint density at radius 2 is 1.47 bits per heavy atom. The highest BCUT2D eigenvalue weighted by Crippen LogP contribution is 2.30. The molecule has 4 aromatic rings. The second-order valence-corrected chi connectivity index (χ2v) is 7.58. The van der Waals surface area contributed by atoms with Gasteiger partial charge in [-0.05, 0) is 24.6 Å². The van der Waals surface area contributed by atoms with Crippen LogP contribution in [0.1, 0.15) is 12.5 Å². The fourth-order valence-corrected chi connectivity index (χ4v) is 3.72. The van der Waals surface area contributed by atoms with E-state index in [2.05, 4.69) is 10.5 Å². The lowest BCUT2D eigenvalue weighted by atomic mass is 10.1. The van der Waals surface area contributed by atoms with Gasteiger partial charge < -0.3 is 0 Å². The van der Waals surface area contributed by atoms with Crippen molar-refractivity contribution < 1.29 is 4.79 Å². The summed E-state index contributed by atoms with van der Waals surface area (Å²) in [5.74, 6) is 0.00237. The number of nitrogens with one attached hydrogen (secondary N) is 1. The van der Waals surface area contributed by atoms with Gasteiger partial charge in [0.15, 0.2) is 0 Å². The van der Waals surface area contributed by atoms with E-state index < -0.39 is 0 Å². The van der Waals surface area contributed by atoms with Crippen molar-refractivity contribution in [3.05, 3.63) is 90.5 Å². The SMILES string of the molecule is C/C(=N\NC(=O)CSc1nc2ccccc2nc1-c1ccccc1)c1ccccc1. The number of carbonyl (C=O) groups excluding carboxylic acids is 1. The van der Waals surface area contributed by atoms with Crippen LogP contribution in [0.4, 0.5) is 0 Å². The Hall–Kier alpha value is -3.51. The second kappa shape index (κ2) is 9.33. The summed E-state index contributed by atoms with van der Waals surface area (Å²) in [6.07, 6.45) is 0. The molecular formula is C24H20N4OS. The minimum absolute atomic E-state index is 0.191. The molecule has 1 amide bonds. The molecule has 0 aliphatic heterocycles. The fourth-order valence-electron chi connectivity index (χ4n) is 2.92. The summed E-state index contributed by atoms with van der Waals surface area (Å²) in [7, 11) is 0. The Kier molecular flexibility index (Phi) is 6.15. The van der Waals surface area contributed by atoms with Gasteiger partial charge in [0, 0.05) is 5.56 Å². The number of thioether (sulfide) groups is 1. The summed E-state index contributed by atoms with van der Waals surface area (Å²) in [6.45, 7) is 1.87. The van der Waals surface area contributed by atoms with Gasteiger partial charge in [-0.1, -0.05) is 84.6 Å². The van der Waals surface area contributed by atoms with E-state index in [0.29, 0.717) is 0 Å². The number of rotatable bonds is 6. The molecule has 0 atom stereocenters. The van der Waals surface area contributed by atoms with Gasteiger partial charge in [0.1, 0.15) is 10.7 Å². The Morgan fingerprint density at radius 3 is 2.17 bits per heavy atom.